The normalized spacial score (nSPS) is 16.4. The molecule has 1 heterocycles. The molecule has 0 aliphatic carbocycles. The molecular formula is C20H22Br2N4O3S. The summed E-state index contributed by atoms with van der Waals surface area (Å²) in [5.74, 6) is -0.228. The third kappa shape index (κ3) is 5.98. The van der Waals surface area contributed by atoms with Gasteiger partial charge in [0.15, 0.2) is 0 Å². The standard InChI is InChI=1S/C20H22Br2N4O3S/c1-15(16-3-2-4-18(22)13-16)23-24-20(27)14-25-9-11-26(12-10-25)30(28,29)19-7-5-17(21)6-8-19/h2-8,13H,9-12,14H2,1H3,(H,24,27). The lowest BCUT2D eigenvalue weighted by Crippen LogP contribution is -2.50. The monoisotopic (exact) mass is 556 g/mol. The average Bonchev–Trinajstić information content (AvgIpc) is 2.73. The van der Waals surface area contributed by atoms with E-state index in [0.29, 0.717) is 31.9 Å². The average molecular weight is 558 g/mol. The molecule has 2 aromatic carbocycles. The first-order chi connectivity index (χ1) is 14.3. The topological polar surface area (TPSA) is 82.1 Å². The van der Waals surface area contributed by atoms with E-state index in [1.165, 1.54) is 4.31 Å². The predicted molar refractivity (Wildman–Crippen MR) is 124 cm³/mol. The van der Waals surface area contributed by atoms with Crippen molar-refractivity contribution in [3.63, 3.8) is 0 Å². The van der Waals surface area contributed by atoms with Crippen molar-refractivity contribution in [2.24, 2.45) is 5.10 Å². The molecule has 30 heavy (non-hydrogen) atoms. The number of halogens is 2. The number of hydrogen-bond acceptors (Lipinski definition) is 5. The van der Waals surface area contributed by atoms with Crippen LogP contribution in [-0.2, 0) is 14.8 Å². The molecule has 1 N–H and O–H groups in total. The van der Waals surface area contributed by atoms with E-state index in [2.05, 4.69) is 42.4 Å². The number of rotatable bonds is 6. The van der Waals surface area contributed by atoms with Gasteiger partial charge in [-0.1, -0.05) is 44.0 Å². The molecule has 0 aromatic heterocycles. The number of hydrazone groups is 1. The minimum absolute atomic E-state index is 0.168. The zero-order valence-electron chi connectivity index (χ0n) is 16.4. The molecule has 7 nitrogen and oxygen atoms in total. The number of piperazine rings is 1. The van der Waals surface area contributed by atoms with Crippen molar-refractivity contribution in [1.82, 2.24) is 14.6 Å². The fourth-order valence-electron chi connectivity index (χ4n) is 3.05. The van der Waals surface area contributed by atoms with Gasteiger partial charge in [0, 0.05) is 35.1 Å². The van der Waals surface area contributed by atoms with Crippen molar-refractivity contribution in [2.45, 2.75) is 11.8 Å². The maximum atomic E-state index is 12.8. The van der Waals surface area contributed by atoms with Crippen LogP contribution in [0.2, 0.25) is 0 Å². The van der Waals surface area contributed by atoms with Crippen LogP contribution < -0.4 is 5.43 Å². The Balaban J connectivity index is 1.51. The van der Waals surface area contributed by atoms with Crippen LogP contribution >= 0.6 is 31.9 Å². The maximum Gasteiger partial charge on any atom is 0.254 e. The second-order valence-electron chi connectivity index (χ2n) is 6.88. The number of carbonyl (C=O) groups excluding carboxylic acids is 1. The highest BCUT2D eigenvalue weighted by molar-refractivity contribution is 9.10. The van der Waals surface area contributed by atoms with Crippen LogP contribution in [0, 0.1) is 0 Å². The Morgan fingerprint density at radius 3 is 2.33 bits per heavy atom. The molecule has 0 saturated carbocycles. The number of nitrogens with one attached hydrogen (secondary N) is 1. The molecule has 3 rings (SSSR count). The first-order valence-electron chi connectivity index (χ1n) is 9.33. The van der Waals surface area contributed by atoms with E-state index in [1.54, 1.807) is 24.3 Å². The molecule has 1 aliphatic rings. The van der Waals surface area contributed by atoms with Crippen LogP contribution in [0.3, 0.4) is 0 Å². The summed E-state index contributed by atoms with van der Waals surface area (Å²) in [5, 5.41) is 4.16. The van der Waals surface area contributed by atoms with Crippen LogP contribution in [0.4, 0.5) is 0 Å². The van der Waals surface area contributed by atoms with E-state index in [1.807, 2.05) is 36.1 Å². The Hall–Kier alpha value is -1.59. The molecule has 1 amide bonds. The molecule has 1 fully saturated rings. The van der Waals surface area contributed by atoms with Gasteiger partial charge in [-0.15, -0.1) is 0 Å². The summed E-state index contributed by atoms with van der Waals surface area (Å²) >= 11 is 6.73. The number of benzene rings is 2. The zero-order valence-corrected chi connectivity index (χ0v) is 20.4. The lowest BCUT2D eigenvalue weighted by atomic mass is 10.1. The highest BCUT2D eigenvalue weighted by Gasteiger charge is 2.29. The van der Waals surface area contributed by atoms with E-state index < -0.39 is 10.0 Å². The van der Waals surface area contributed by atoms with Gasteiger partial charge in [0.25, 0.3) is 5.91 Å². The van der Waals surface area contributed by atoms with Crippen molar-refractivity contribution < 1.29 is 13.2 Å². The van der Waals surface area contributed by atoms with Crippen LogP contribution in [0.25, 0.3) is 0 Å². The van der Waals surface area contributed by atoms with E-state index in [9.17, 15) is 13.2 Å². The Morgan fingerprint density at radius 2 is 1.70 bits per heavy atom. The van der Waals surface area contributed by atoms with E-state index in [4.69, 9.17) is 0 Å². The van der Waals surface area contributed by atoms with E-state index >= 15 is 0 Å². The van der Waals surface area contributed by atoms with Crippen molar-refractivity contribution in [3.05, 3.63) is 63.0 Å². The van der Waals surface area contributed by atoms with Crippen LogP contribution in [-0.4, -0.2) is 62.0 Å². The SMILES string of the molecule is CC(=NNC(=O)CN1CCN(S(=O)(=O)c2ccc(Br)cc2)CC1)c1cccc(Br)c1. The van der Waals surface area contributed by atoms with Crippen LogP contribution in [0.1, 0.15) is 12.5 Å². The van der Waals surface area contributed by atoms with Gasteiger partial charge in [-0.05, 0) is 48.9 Å². The van der Waals surface area contributed by atoms with Crippen LogP contribution in [0.15, 0.2) is 67.5 Å². The second kappa shape index (κ2) is 10.1. The number of nitrogens with zero attached hydrogens (tertiary/aromatic N) is 3. The molecule has 1 saturated heterocycles. The molecule has 2 aromatic rings. The third-order valence-corrected chi connectivity index (χ3v) is 7.68. The van der Waals surface area contributed by atoms with Gasteiger partial charge in [0.2, 0.25) is 10.0 Å². The summed E-state index contributed by atoms with van der Waals surface area (Å²) in [6, 6.07) is 14.3. The molecule has 0 unspecified atom stereocenters. The van der Waals surface area contributed by atoms with Gasteiger partial charge >= 0.3 is 0 Å². The maximum absolute atomic E-state index is 12.8. The Kier molecular flexibility index (Phi) is 7.81. The van der Waals surface area contributed by atoms with Crippen molar-refractivity contribution in [3.8, 4) is 0 Å². The summed E-state index contributed by atoms with van der Waals surface area (Å²) in [5.41, 5.74) is 4.19. The van der Waals surface area contributed by atoms with E-state index in [-0.39, 0.29) is 17.3 Å². The van der Waals surface area contributed by atoms with Gasteiger partial charge in [-0.2, -0.15) is 9.41 Å². The summed E-state index contributed by atoms with van der Waals surface area (Å²) in [6.45, 7) is 3.64. The quantitative estimate of drug-likeness (QED) is 0.437. The fraction of sp³-hybridized carbons (Fsp3) is 0.300. The number of carbonyl (C=O) groups is 1. The largest absolute Gasteiger partial charge is 0.292 e. The Bertz CT molecular complexity index is 1030. The summed E-state index contributed by atoms with van der Waals surface area (Å²) in [6.07, 6.45) is 0. The number of amides is 1. The molecule has 0 spiro atoms. The predicted octanol–water partition coefficient (Wildman–Crippen LogP) is 3.06. The van der Waals surface area contributed by atoms with E-state index in [0.717, 1.165) is 14.5 Å². The molecule has 0 radical (unpaired) electrons. The zero-order chi connectivity index (χ0) is 21.7. The Labute approximate surface area is 193 Å². The Morgan fingerprint density at radius 1 is 1.03 bits per heavy atom. The molecule has 0 atom stereocenters. The van der Waals surface area contributed by atoms with Crippen molar-refractivity contribution in [2.75, 3.05) is 32.7 Å². The number of sulfonamides is 1. The van der Waals surface area contributed by atoms with Gasteiger partial charge < -0.3 is 0 Å². The molecular weight excluding hydrogens is 536 g/mol. The minimum Gasteiger partial charge on any atom is -0.292 e. The smallest absolute Gasteiger partial charge is 0.254 e. The van der Waals surface area contributed by atoms with Crippen molar-refractivity contribution >= 4 is 53.5 Å². The first kappa shape index (κ1) is 23.1. The summed E-state index contributed by atoms with van der Waals surface area (Å²) in [4.78, 5) is 14.4. The molecule has 10 heteroatoms. The second-order valence-corrected chi connectivity index (χ2v) is 10.6. The lowest BCUT2D eigenvalue weighted by molar-refractivity contribution is -0.122. The van der Waals surface area contributed by atoms with Crippen LogP contribution in [0.5, 0.6) is 0 Å². The fourth-order valence-corrected chi connectivity index (χ4v) is 5.13. The number of hydrogen-bond donors (Lipinski definition) is 1. The van der Waals surface area contributed by atoms with Gasteiger partial charge in [-0.25, -0.2) is 13.8 Å². The van der Waals surface area contributed by atoms with Gasteiger partial charge in [-0.3, -0.25) is 9.69 Å². The summed E-state index contributed by atoms with van der Waals surface area (Å²) in [7, 11) is -3.53. The highest BCUT2D eigenvalue weighted by Crippen LogP contribution is 2.20. The highest BCUT2D eigenvalue weighted by atomic mass is 79.9. The van der Waals surface area contributed by atoms with Gasteiger partial charge in [0.1, 0.15) is 0 Å². The third-order valence-electron chi connectivity index (χ3n) is 4.74. The lowest BCUT2D eigenvalue weighted by Gasteiger charge is -2.33. The molecule has 1 aliphatic heterocycles. The first-order valence-corrected chi connectivity index (χ1v) is 12.4. The van der Waals surface area contributed by atoms with Gasteiger partial charge in [0.05, 0.1) is 17.2 Å². The minimum atomic E-state index is -3.53. The van der Waals surface area contributed by atoms with Crippen molar-refractivity contribution in [1.29, 1.82) is 0 Å². The molecule has 160 valence electrons. The molecule has 0 bridgehead atoms. The summed E-state index contributed by atoms with van der Waals surface area (Å²) < 4.78 is 28.7.